The van der Waals surface area contributed by atoms with Crippen molar-refractivity contribution in [2.45, 2.75) is 37.6 Å². The molecule has 1 fully saturated rings. The van der Waals surface area contributed by atoms with E-state index in [1.807, 2.05) is 12.1 Å². The molecule has 116 valence electrons. The van der Waals surface area contributed by atoms with Gasteiger partial charge in [0.1, 0.15) is 0 Å². The van der Waals surface area contributed by atoms with Gasteiger partial charge in [0.15, 0.2) is 0 Å². The molecule has 0 unspecified atom stereocenters. The summed E-state index contributed by atoms with van der Waals surface area (Å²) in [4.78, 5) is 14.3. The summed E-state index contributed by atoms with van der Waals surface area (Å²) in [5, 5.41) is 6.35. The fraction of sp³-hybridized carbons (Fsp3) is 0.562. The molecule has 0 aromatic heterocycles. The lowest BCUT2D eigenvalue weighted by atomic mass is 9.80. The predicted molar refractivity (Wildman–Crippen MR) is 88.0 cm³/mol. The van der Waals surface area contributed by atoms with Crippen molar-refractivity contribution in [3.05, 3.63) is 29.3 Å². The second-order valence-electron chi connectivity index (χ2n) is 5.97. The molecule has 0 bridgehead atoms. The molecule has 21 heavy (non-hydrogen) atoms. The van der Waals surface area contributed by atoms with Crippen molar-refractivity contribution in [2.24, 2.45) is 0 Å². The number of likely N-dealkylation sites (N-methyl/N-ethyl adjacent to an activating group) is 1. The van der Waals surface area contributed by atoms with Crippen LogP contribution in [0.1, 0.15) is 32.1 Å². The Morgan fingerprint density at radius 3 is 2.52 bits per heavy atom. The summed E-state index contributed by atoms with van der Waals surface area (Å²) in [5.74, 6) is 0. The quantitative estimate of drug-likeness (QED) is 0.890. The first-order valence-electron chi connectivity index (χ1n) is 7.50. The molecular formula is C16H24ClN3O. The SMILES string of the molecule is CN(C)C1(CNC(=O)Nc2ccccc2Cl)CCCCC1. The lowest BCUT2D eigenvalue weighted by molar-refractivity contribution is 0.101. The molecule has 0 heterocycles. The number of benzene rings is 1. The Balaban J connectivity index is 1.92. The Morgan fingerprint density at radius 2 is 1.90 bits per heavy atom. The average molecular weight is 310 g/mol. The maximum Gasteiger partial charge on any atom is 0.319 e. The van der Waals surface area contributed by atoms with Gasteiger partial charge in [-0.15, -0.1) is 0 Å². The number of anilines is 1. The van der Waals surface area contributed by atoms with Gasteiger partial charge in [-0.25, -0.2) is 4.79 Å². The van der Waals surface area contributed by atoms with E-state index in [4.69, 9.17) is 11.6 Å². The van der Waals surface area contributed by atoms with Gasteiger partial charge in [0.2, 0.25) is 0 Å². The molecule has 2 amide bonds. The van der Waals surface area contributed by atoms with Crippen molar-refractivity contribution in [2.75, 3.05) is 26.0 Å². The number of hydrogen-bond donors (Lipinski definition) is 2. The molecule has 0 radical (unpaired) electrons. The Kier molecular flexibility index (Phi) is 5.48. The van der Waals surface area contributed by atoms with E-state index in [0.717, 1.165) is 12.8 Å². The number of urea groups is 1. The maximum atomic E-state index is 12.1. The van der Waals surface area contributed by atoms with Gasteiger partial charge in [0.05, 0.1) is 10.7 Å². The van der Waals surface area contributed by atoms with E-state index in [1.54, 1.807) is 12.1 Å². The predicted octanol–water partition coefficient (Wildman–Crippen LogP) is 3.73. The van der Waals surface area contributed by atoms with E-state index in [2.05, 4.69) is 29.6 Å². The summed E-state index contributed by atoms with van der Waals surface area (Å²) in [7, 11) is 4.19. The van der Waals surface area contributed by atoms with E-state index < -0.39 is 0 Å². The average Bonchev–Trinajstić information content (AvgIpc) is 2.48. The first-order chi connectivity index (χ1) is 10.0. The number of para-hydroxylation sites is 1. The van der Waals surface area contributed by atoms with E-state index >= 15 is 0 Å². The highest BCUT2D eigenvalue weighted by molar-refractivity contribution is 6.33. The summed E-state index contributed by atoms with van der Waals surface area (Å²) < 4.78 is 0. The molecule has 1 aliphatic rings. The van der Waals surface area contributed by atoms with Gasteiger partial charge in [0.25, 0.3) is 0 Å². The number of nitrogens with one attached hydrogen (secondary N) is 2. The summed E-state index contributed by atoms with van der Waals surface area (Å²) in [6.07, 6.45) is 6.01. The lowest BCUT2D eigenvalue weighted by Crippen LogP contribution is -2.54. The third-order valence-electron chi connectivity index (χ3n) is 4.43. The molecule has 5 heteroatoms. The van der Waals surface area contributed by atoms with Crippen LogP contribution in [0.25, 0.3) is 0 Å². The van der Waals surface area contributed by atoms with Crippen LogP contribution in [-0.4, -0.2) is 37.1 Å². The van der Waals surface area contributed by atoms with Crippen molar-refractivity contribution in [1.82, 2.24) is 10.2 Å². The van der Waals surface area contributed by atoms with Crippen LogP contribution in [0.15, 0.2) is 24.3 Å². The molecule has 0 atom stereocenters. The Labute approximate surface area is 131 Å². The smallest absolute Gasteiger partial charge is 0.319 e. The second kappa shape index (κ2) is 7.14. The highest BCUT2D eigenvalue weighted by Gasteiger charge is 2.34. The molecule has 0 saturated heterocycles. The van der Waals surface area contributed by atoms with Gasteiger partial charge in [-0.1, -0.05) is 43.0 Å². The van der Waals surface area contributed by atoms with E-state index in [9.17, 15) is 4.79 Å². The summed E-state index contributed by atoms with van der Waals surface area (Å²) >= 11 is 6.04. The fourth-order valence-electron chi connectivity index (χ4n) is 2.97. The summed E-state index contributed by atoms with van der Waals surface area (Å²) in [6, 6.07) is 7.05. The van der Waals surface area contributed by atoms with Crippen molar-refractivity contribution in [3.63, 3.8) is 0 Å². The van der Waals surface area contributed by atoms with Gasteiger partial charge in [-0.2, -0.15) is 0 Å². The molecule has 1 aromatic carbocycles. The molecule has 0 aliphatic heterocycles. The van der Waals surface area contributed by atoms with Gasteiger partial charge in [-0.3, -0.25) is 0 Å². The van der Waals surface area contributed by atoms with Gasteiger partial charge in [-0.05, 0) is 39.1 Å². The molecule has 2 N–H and O–H groups in total. The monoisotopic (exact) mass is 309 g/mol. The highest BCUT2D eigenvalue weighted by Crippen LogP contribution is 2.31. The van der Waals surface area contributed by atoms with E-state index in [0.29, 0.717) is 17.3 Å². The van der Waals surface area contributed by atoms with Gasteiger partial charge < -0.3 is 15.5 Å². The first kappa shape index (κ1) is 16.1. The first-order valence-corrected chi connectivity index (χ1v) is 7.88. The second-order valence-corrected chi connectivity index (χ2v) is 6.37. The lowest BCUT2D eigenvalue weighted by Gasteiger charge is -2.43. The van der Waals surface area contributed by atoms with Crippen molar-refractivity contribution in [1.29, 1.82) is 0 Å². The molecule has 1 saturated carbocycles. The van der Waals surface area contributed by atoms with Crippen LogP contribution in [0.4, 0.5) is 10.5 Å². The highest BCUT2D eigenvalue weighted by atomic mass is 35.5. The Bertz CT molecular complexity index is 484. The van der Waals surface area contributed by atoms with Crippen LogP contribution in [0, 0.1) is 0 Å². The largest absolute Gasteiger partial charge is 0.336 e. The van der Waals surface area contributed by atoms with Crippen LogP contribution >= 0.6 is 11.6 Å². The number of hydrogen-bond acceptors (Lipinski definition) is 2. The minimum absolute atomic E-state index is 0.0794. The van der Waals surface area contributed by atoms with Crippen LogP contribution in [-0.2, 0) is 0 Å². The number of nitrogens with zero attached hydrogens (tertiary/aromatic N) is 1. The van der Waals surface area contributed by atoms with Crippen LogP contribution in [0.2, 0.25) is 5.02 Å². The zero-order valence-electron chi connectivity index (χ0n) is 12.8. The maximum absolute atomic E-state index is 12.1. The molecular weight excluding hydrogens is 286 g/mol. The molecule has 4 nitrogen and oxygen atoms in total. The topological polar surface area (TPSA) is 44.4 Å². The van der Waals surface area contributed by atoms with Crippen LogP contribution < -0.4 is 10.6 Å². The standard InChI is InChI=1S/C16H24ClN3O/c1-20(2)16(10-6-3-7-11-16)12-18-15(21)19-14-9-5-4-8-13(14)17/h4-5,8-9H,3,6-7,10-12H2,1-2H3,(H2,18,19,21). The Morgan fingerprint density at radius 1 is 1.24 bits per heavy atom. The van der Waals surface area contributed by atoms with Crippen molar-refractivity contribution < 1.29 is 4.79 Å². The molecule has 0 spiro atoms. The fourth-order valence-corrected chi connectivity index (χ4v) is 3.15. The number of carbonyl (C=O) groups excluding carboxylic acids is 1. The summed E-state index contributed by atoms with van der Waals surface area (Å²) in [5.41, 5.74) is 0.718. The number of halogens is 1. The number of amides is 2. The minimum atomic E-state index is -0.199. The van der Waals surface area contributed by atoms with Crippen molar-refractivity contribution in [3.8, 4) is 0 Å². The van der Waals surface area contributed by atoms with Gasteiger partial charge in [0, 0.05) is 12.1 Å². The number of rotatable bonds is 4. The molecule has 2 rings (SSSR count). The Hall–Kier alpha value is -1.26. The van der Waals surface area contributed by atoms with Crippen LogP contribution in [0.3, 0.4) is 0 Å². The third kappa shape index (κ3) is 4.11. The summed E-state index contributed by atoms with van der Waals surface area (Å²) in [6.45, 7) is 0.663. The van der Waals surface area contributed by atoms with E-state index in [1.165, 1.54) is 19.3 Å². The zero-order chi connectivity index (χ0) is 15.3. The number of carbonyl (C=O) groups is 1. The zero-order valence-corrected chi connectivity index (χ0v) is 13.5. The third-order valence-corrected chi connectivity index (χ3v) is 4.76. The van der Waals surface area contributed by atoms with E-state index in [-0.39, 0.29) is 11.6 Å². The minimum Gasteiger partial charge on any atom is -0.336 e. The van der Waals surface area contributed by atoms with Crippen molar-refractivity contribution >= 4 is 23.3 Å². The van der Waals surface area contributed by atoms with Crippen LogP contribution in [0.5, 0.6) is 0 Å². The van der Waals surface area contributed by atoms with Gasteiger partial charge >= 0.3 is 6.03 Å². The molecule has 1 aliphatic carbocycles. The molecule has 1 aromatic rings. The normalized spacial score (nSPS) is 17.5.